The third-order valence-corrected chi connectivity index (χ3v) is 6.72. The van der Waals surface area contributed by atoms with E-state index < -0.39 is 0 Å². The second-order valence-corrected chi connectivity index (χ2v) is 9.01. The molecule has 3 heterocycles. The molecular weight excluding hydrogens is 527 g/mol. The van der Waals surface area contributed by atoms with Crippen molar-refractivity contribution in [1.29, 1.82) is 0 Å². The van der Waals surface area contributed by atoms with Crippen LogP contribution in [0.4, 0.5) is 0 Å². The van der Waals surface area contributed by atoms with Gasteiger partial charge in [-0.05, 0) is 44.4 Å². The Morgan fingerprint density at radius 1 is 1.06 bits per heavy atom. The lowest BCUT2D eigenvalue weighted by molar-refractivity contribution is 0.152. The number of likely N-dealkylation sites (tertiary alicyclic amines) is 1. The Kier molecular flexibility index (Phi) is 10.5. The highest BCUT2D eigenvalue weighted by Crippen LogP contribution is 2.21. The zero-order valence-corrected chi connectivity index (χ0v) is 22.4. The van der Waals surface area contributed by atoms with Gasteiger partial charge < -0.3 is 14.7 Å². The average molecular weight is 567 g/mol. The molecule has 2 aliphatic heterocycles. The van der Waals surface area contributed by atoms with Gasteiger partial charge in [-0.25, -0.2) is 4.99 Å². The molecule has 2 aromatic rings. The Bertz CT molecular complexity index is 850. The molecule has 2 aliphatic rings. The molecule has 7 nitrogen and oxygen atoms in total. The standard InChI is InChI=1S/C25H38N6O.HI/c1-3-26-25(30-15-13-29(14-16-30)20-24-11-17-32-28-24)27-18-22-9-4-5-10-23(22)19-31-12-7-6-8-21(31)2;/h4-5,9-11,17,21H,3,6-8,12-16,18-20H2,1-2H3,(H,26,27);1H. The number of guanidine groups is 1. The Morgan fingerprint density at radius 3 is 2.55 bits per heavy atom. The molecule has 0 bridgehead atoms. The number of benzene rings is 1. The van der Waals surface area contributed by atoms with Crippen LogP contribution in [0.1, 0.15) is 49.9 Å². The van der Waals surface area contributed by atoms with Gasteiger partial charge in [-0.15, -0.1) is 24.0 Å². The fraction of sp³-hybridized carbons (Fsp3) is 0.600. The first-order valence-corrected chi connectivity index (χ1v) is 12.2. The summed E-state index contributed by atoms with van der Waals surface area (Å²) in [7, 11) is 0. The molecule has 8 heteroatoms. The fourth-order valence-electron chi connectivity index (χ4n) is 4.73. The zero-order valence-electron chi connectivity index (χ0n) is 20.1. The van der Waals surface area contributed by atoms with Crippen LogP contribution in [0.3, 0.4) is 0 Å². The number of nitrogens with zero attached hydrogens (tertiary/aromatic N) is 5. The van der Waals surface area contributed by atoms with Crippen LogP contribution in [-0.2, 0) is 19.6 Å². The van der Waals surface area contributed by atoms with Crippen molar-refractivity contribution in [2.75, 3.05) is 39.3 Å². The average Bonchev–Trinajstić information content (AvgIpc) is 3.33. The summed E-state index contributed by atoms with van der Waals surface area (Å²) in [6, 6.07) is 11.4. The van der Waals surface area contributed by atoms with Gasteiger partial charge in [0.25, 0.3) is 0 Å². The van der Waals surface area contributed by atoms with Crippen molar-refractivity contribution >= 4 is 29.9 Å². The van der Waals surface area contributed by atoms with Gasteiger partial charge in [0.05, 0.1) is 12.2 Å². The molecule has 0 aliphatic carbocycles. The molecule has 33 heavy (non-hydrogen) atoms. The molecule has 0 amide bonds. The van der Waals surface area contributed by atoms with Crippen LogP contribution in [0.15, 0.2) is 46.1 Å². The summed E-state index contributed by atoms with van der Waals surface area (Å²) in [5.41, 5.74) is 3.75. The minimum atomic E-state index is 0. The lowest BCUT2D eigenvalue weighted by Gasteiger charge is -2.36. The fourth-order valence-corrected chi connectivity index (χ4v) is 4.73. The monoisotopic (exact) mass is 566 g/mol. The number of piperidine rings is 1. The van der Waals surface area contributed by atoms with Crippen molar-refractivity contribution in [2.45, 2.75) is 58.8 Å². The van der Waals surface area contributed by atoms with Crippen LogP contribution < -0.4 is 5.32 Å². The van der Waals surface area contributed by atoms with Crippen LogP contribution in [-0.4, -0.2) is 71.1 Å². The number of piperazine rings is 1. The van der Waals surface area contributed by atoms with Crippen LogP contribution in [0.2, 0.25) is 0 Å². The molecule has 0 saturated carbocycles. The number of aromatic nitrogens is 1. The van der Waals surface area contributed by atoms with Gasteiger partial charge in [0.2, 0.25) is 0 Å². The molecular formula is C25H39IN6O. The third kappa shape index (κ3) is 7.42. The topological polar surface area (TPSA) is 60.1 Å². The van der Waals surface area contributed by atoms with Gasteiger partial charge in [0, 0.05) is 57.9 Å². The molecule has 1 unspecified atom stereocenters. The number of aliphatic imine (C=N–C) groups is 1. The molecule has 0 radical (unpaired) electrons. The van der Waals surface area contributed by atoms with Gasteiger partial charge in [-0.3, -0.25) is 9.80 Å². The van der Waals surface area contributed by atoms with Crippen molar-refractivity contribution in [3.8, 4) is 0 Å². The van der Waals surface area contributed by atoms with Gasteiger partial charge in [-0.1, -0.05) is 35.8 Å². The normalized spacial score (nSPS) is 20.5. The van der Waals surface area contributed by atoms with E-state index in [9.17, 15) is 0 Å². The van der Waals surface area contributed by atoms with E-state index in [0.717, 1.165) is 64.0 Å². The number of halogens is 1. The number of nitrogens with one attached hydrogen (secondary N) is 1. The number of rotatable bonds is 7. The van der Waals surface area contributed by atoms with Crippen LogP contribution >= 0.6 is 24.0 Å². The van der Waals surface area contributed by atoms with E-state index in [-0.39, 0.29) is 24.0 Å². The largest absolute Gasteiger partial charge is 0.364 e. The summed E-state index contributed by atoms with van der Waals surface area (Å²) in [6.45, 7) is 13.1. The quantitative estimate of drug-likeness (QED) is 0.311. The minimum Gasteiger partial charge on any atom is -0.364 e. The van der Waals surface area contributed by atoms with Gasteiger partial charge >= 0.3 is 0 Å². The second-order valence-electron chi connectivity index (χ2n) is 9.01. The van der Waals surface area contributed by atoms with E-state index in [1.165, 1.54) is 36.9 Å². The maximum absolute atomic E-state index is 5.05. The highest BCUT2D eigenvalue weighted by molar-refractivity contribution is 14.0. The number of hydrogen-bond acceptors (Lipinski definition) is 5. The van der Waals surface area contributed by atoms with Gasteiger partial charge in [-0.2, -0.15) is 0 Å². The summed E-state index contributed by atoms with van der Waals surface area (Å²) in [5.74, 6) is 1.02. The van der Waals surface area contributed by atoms with E-state index >= 15 is 0 Å². The van der Waals surface area contributed by atoms with Crippen LogP contribution in [0.25, 0.3) is 0 Å². The molecule has 1 atom stereocenters. The van der Waals surface area contributed by atoms with Crippen molar-refractivity contribution in [3.63, 3.8) is 0 Å². The highest BCUT2D eigenvalue weighted by atomic mass is 127. The summed E-state index contributed by atoms with van der Waals surface area (Å²) >= 11 is 0. The first-order valence-electron chi connectivity index (χ1n) is 12.2. The van der Waals surface area contributed by atoms with E-state index in [2.05, 4.69) is 63.3 Å². The molecule has 4 rings (SSSR count). The molecule has 2 saturated heterocycles. The van der Waals surface area contributed by atoms with E-state index in [1.807, 2.05) is 6.07 Å². The molecule has 2 fully saturated rings. The van der Waals surface area contributed by atoms with E-state index in [0.29, 0.717) is 6.04 Å². The summed E-state index contributed by atoms with van der Waals surface area (Å²) in [6.07, 6.45) is 5.64. The van der Waals surface area contributed by atoms with Crippen molar-refractivity contribution in [3.05, 3.63) is 53.4 Å². The Morgan fingerprint density at radius 2 is 1.85 bits per heavy atom. The SMILES string of the molecule is CCNC(=NCc1ccccc1CN1CCCCC1C)N1CCN(Cc2ccon2)CC1.I. The van der Waals surface area contributed by atoms with E-state index in [4.69, 9.17) is 9.52 Å². The Labute approximate surface area is 215 Å². The van der Waals surface area contributed by atoms with Crippen LogP contribution in [0, 0.1) is 0 Å². The minimum absolute atomic E-state index is 0. The Balaban J connectivity index is 0.00000306. The molecule has 1 aromatic carbocycles. The molecule has 0 spiro atoms. The highest BCUT2D eigenvalue weighted by Gasteiger charge is 2.21. The van der Waals surface area contributed by atoms with Gasteiger partial charge in [0.1, 0.15) is 6.26 Å². The van der Waals surface area contributed by atoms with Crippen molar-refractivity contribution in [1.82, 2.24) is 25.2 Å². The molecule has 1 aromatic heterocycles. The van der Waals surface area contributed by atoms with E-state index in [1.54, 1.807) is 6.26 Å². The van der Waals surface area contributed by atoms with Crippen LogP contribution in [0.5, 0.6) is 0 Å². The second kappa shape index (κ2) is 13.3. The maximum atomic E-state index is 5.05. The molecule has 182 valence electrons. The lowest BCUT2D eigenvalue weighted by atomic mass is 10.0. The molecule has 1 N–H and O–H groups in total. The first-order chi connectivity index (χ1) is 15.7. The predicted octanol–water partition coefficient (Wildman–Crippen LogP) is 3.95. The Hall–Kier alpha value is -1.65. The van der Waals surface area contributed by atoms with Crippen molar-refractivity contribution < 1.29 is 4.52 Å². The third-order valence-electron chi connectivity index (χ3n) is 6.72. The first kappa shape index (κ1) is 26.0. The summed E-state index contributed by atoms with van der Waals surface area (Å²) < 4.78 is 4.97. The van der Waals surface area contributed by atoms with Crippen molar-refractivity contribution in [2.24, 2.45) is 4.99 Å². The van der Waals surface area contributed by atoms with Gasteiger partial charge in [0.15, 0.2) is 5.96 Å². The smallest absolute Gasteiger partial charge is 0.194 e. The number of hydrogen-bond donors (Lipinski definition) is 1. The zero-order chi connectivity index (χ0) is 22.2. The predicted molar refractivity (Wildman–Crippen MR) is 144 cm³/mol. The maximum Gasteiger partial charge on any atom is 0.194 e. The lowest BCUT2D eigenvalue weighted by Crippen LogP contribution is -2.52. The summed E-state index contributed by atoms with van der Waals surface area (Å²) in [5, 5.41) is 7.55. The summed E-state index contributed by atoms with van der Waals surface area (Å²) in [4.78, 5) is 12.5.